The van der Waals surface area contributed by atoms with Gasteiger partial charge >= 0.3 is 0 Å². The Morgan fingerprint density at radius 3 is 2.47 bits per heavy atom. The van der Waals surface area contributed by atoms with Crippen molar-refractivity contribution in [2.45, 2.75) is 37.6 Å². The van der Waals surface area contributed by atoms with E-state index in [0.717, 1.165) is 0 Å². The Kier molecular flexibility index (Phi) is 3.98. The van der Waals surface area contributed by atoms with Gasteiger partial charge in [-0.25, -0.2) is 4.99 Å². The summed E-state index contributed by atoms with van der Waals surface area (Å²) in [5, 5.41) is 0. The van der Waals surface area contributed by atoms with Gasteiger partial charge in [-0.05, 0) is 0 Å². The number of nitrogens with zero attached hydrogens (tertiary/aromatic N) is 1. The van der Waals surface area contributed by atoms with E-state index in [1.54, 1.807) is 21.3 Å². The molecule has 3 unspecified atom stereocenters. The SMILES string of the molecule is COCC1O[C@@H]2OC(C)=NC2C(OC)[C@@H]1OC. The first-order valence-electron chi connectivity index (χ1n) is 5.62. The molecular formula is C11H19NO5. The Morgan fingerprint density at radius 1 is 1.18 bits per heavy atom. The van der Waals surface area contributed by atoms with E-state index in [-0.39, 0.29) is 24.4 Å². The molecule has 17 heavy (non-hydrogen) atoms. The highest BCUT2D eigenvalue weighted by atomic mass is 16.7. The van der Waals surface area contributed by atoms with Crippen molar-refractivity contribution < 1.29 is 23.7 Å². The highest BCUT2D eigenvalue weighted by molar-refractivity contribution is 5.75. The summed E-state index contributed by atoms with van der Waals surface area (Å²) in [6.45, 7) is 2.24. The monoisotopic (exact) mass is 245 g/mol. The van der Waals surface area contributed by atoms with E-state index in [9.17, 15) is 0 Å². The second-order valence-corrected chi connectivity index (χ2v) is 4.16. The van der Waals surface area contributed by atoms with Crippen LogP contribution in [0.1, 0.15) is 6.92 Å². The van der Waals surface area contributed by atoms with E-state index < -0.39 is 6.29 Å². The number of hydrogen-bond donors (Lipinski definition) is 0. The van der Waals surface area contributed by atoms with Crippen LogP contribution in [0.4, 0.5) is 0 Å². The molecule has 0 bridgehead atoms. The van der Waals surface area contributed by atoms with Gasteiger partial charge in [0.2, 0.25) is 6.29 Å². The van der Waals surface area contributed by atoms with E-state index in [1.165, 1.54) is 0 Å². The molecule has 5 atom stereocenters. The van der Waals surface area contributed by atoms with Crippen molar-refractivity contribution in [3.05, 3.63) is 0 Å². The topological polar surface area (TPSA) is 58.5 Å². The number of ether oxygens (including phenoxy) is 5. The van der Waals surface area contributed by atoms with Crippen molar-refractivity contribution in [1.29, 1.82) is 0 Å². The van der Waals surface area contributed by atoms with Crippen LogP contribution in [0.15, 0.2) is 4.99 Å². The molecule has 98 valence electrons. The zero-order valence-corrected chi connectivity index (χ0v) is 10.6. The molecule has 2 heterocycles. The van der Waals surface area contributed by atoms with Crippen molar-refractivity contribution in [1.82, 2.24) is 0 Å². The van der Waals surface area contributed by atoms with Crippen molar-refractivity contribution in [2.75, 3.05) is 27.9 Å². The fourth-order valence-corrected chi connectivity index (χ4v) is 2.39. The van der Waals surface area contributed by atoms with Gasteiger partial charge in [0.05, 0.1) is 6.61 Å². The molecule has 0 aromatic rings. The molecular weight excluding hydrogens is 226 g/mol. The highest BCUT2D eigenvalue weighted by Crippen LogP contribution is 2.31. The summed E-state index contributed by atoms with van der Waals surface area (Å²) in [5.41, 5.74) is 0. The molecule has 6 nitrogen and oxygen atoms in total. The van der Waals surface area contributed by atoms with Gasteiger partial charge in [-0.1, -0.05) is 0 Å². The third-order valence-corrected chi connectivity index (χ3v) is 3.11. The quantitative estimate of drug-likeness (QED) is 0.708. The second kappa shape index (κ2) is 5.30. The molecule has 0 saturated carbocycles. The standard InChI is InChI=1S/C11H19NO5/c1-6-12-8-10(15-4)9(14-3)7(5-13-2)17-11(8)16-6/h7-11H,5H2,1-4H3/t7?,8?,9-,10?,11+/m1/s1. The van der Waals surface area contributed by atoms with Crippen LogP contribution in [0, 0.1) is 0 Å². The summed E-state index contributed by atoms with van der Waals surface area (Å²) >= 11 is 0. The van der Waals surface area contributed by atoms with Crippen molar-refractivity contribution in [3.8, 4) is 0 Å². The van der Waals surface area contributed by atoms with E-state index in [4.69, 9.17) is 23.7 Å². The first-order chi connectivity index (χ1) is 8.21. The Hall–Kier alpha value is -0.690. The zero-order chi connectivity index (χ0) is 12.4. The normalized spacial score (nSPS) is 40.7. The predicted molar refractivity (Wildman–Crippen MR) is 60.1 cm³/mol. The van der Waals surface area contributed by atoms with Crippen molar-refractivity contribution in [3.63, 3.8) is 0 Å². The molecule has 1 saturated heterocycles. The predicted octanol–water partition coefficient (Wildman–Crippen LogP) is 0.205. The fraction of sp³-hybridized carbons (Fsp3) is 0.909. The van der Waals surface area contributed by atoms with Crippen LogP contribution in [0.25, 0.3) is 0 Å². The first-order valence-corrected chi connectivity index (χ1v) is 5.62. The summed E-state index contributed by atoms with van der Waals surface area (Å²) in [6.07, 6.45) is -1.00. The van der Waals surface area contributed by atoms with Gasteiger partial charge in [-0.15, -0.1) is 0 Å². The van der Waals surface area contributed by atoms with Crippen LogP contribution in [-0.4, -0.2) is 64.5 Å². The fourth-order valence-electron chi connectivity index (χ4n) is 2.39. The molecule has 0 aromatic heterocycles. The minimum atomic E-state index is -0.397. The van der Waals surface area contributed by atoms with Crippen molar-refractivity contribution >= 4 is 5.90 Å². The second-order valence-electron chi connectivity index (χ2n) is 4.16. The van der Waals surface area contributed by atoms with E-state index in [0.29, 0.717) is 12.5 Å². The minimum Gasteiger partial charge on any atom is -0.450 e. The van der Waals surface area contributed by atoms with Crippen LogP contribution in [0.5, 0.6) is 0 Å². The molecule has 0 aliphatic carbocycles. The van der Waals surface area contributed by atoms with Gasteiger partial charge in [0.25, 0.3) is 0 Å². The average Bonchev–Trinajstić information content (AvgIpc) is 2.67. The molecule has 0 aromatic carbocycles. The molecule has 0 radical (unpaired) electrons. The number of fused-ring (bicyclic) bond motifs is 1. The van der Waals surface area contributed by atoms with E-state index in [2.05, 4.69) is 4.99 Å². The minimum absolute atomic E-state index is 0.168. The largest absolute Gasteiger partial charge is 0.450 e. The van der Waals surface area contributed by atoms with E-state index >= 15 is 0 Å². The zero-order valence-electron chi connectivity index (χ0n) is 10.6. The summed E-state index contributed by atoms with van der Waals surface area (Å²) in [7, 11) is 4.91. The maximum atomic E-state index is 5.79. The third-order valence-electron chi connectivity index (χ3n) is 3.11. The molecule has 0 amide bonds. The molecule has 0 spiro atoms. The smallest absolute Gasteiger partial charge is 0.227 e. The summed E-state index contributed by atoms with van der Waals surface area (Å²) in [5.74, 6) is 0.620. The van der Waals surface area contributed by atoms with Gasteiger partial charge < -0.3 is 23.7 Å². The highest BCUT2D eigenvalue weighted by Gasteiger charge is 2.50. The molecule has 2 aliphatic heterocycles. The number of rotatable bonds is 4. The summed E-state index contributed by atoms with van der Waals surface area (Å²) < 4.78 is 27.4. The van der Waals surface area contributed by atoms with Gasteiger partial charge in [0.15, 0.2) is 5.90 Å². The molecule has 0 N–H and O–H groups in total. The average molecular weight is 245 g/mol. The molecule has 6 heteroatoms. The van der Waals surface area contributed by atoms with Gasteiger partial charge in [-0.3, -0.25) is 0 Å². The molecule has 2 rings (SSSR count). The maximum Gasteiger partial charge on any atom is 0.227 e. The summed E-state index contributed by atoms with van der Waals surface area (Å²) in [4.78, 5) is 4.38. The van der Waals surface area contributed by atoms with Crippen LogP contribution >= 0.6 is 0 Å². The van der Waals surface area contributed by atoms with Crippen LogP contribution in [-0.2, 0) is 23.7 Å². The Bertz CT molecular complexity index is 296. The number of hydrogen-bond acceptors (Lipinski definition) is 6. The summed E-state index contributed by atoms with van der Waals surface area (Å²) in [6, 6.07) is -0.168. The lowest BCUT2D eigenvalue weighted by atomic mass is 9.97. The van der Waals surface area contributed by atoms with E-state index in [1.807, 2.05) is 6.92 Å². The van der Waals surface area contributed by atoms with Crippen molar-refractivity contribution in [2.24, 2.45) is 4.99 Å². The molecule has 1 fully saturated rings. The first kappa shape index (κ1) is 12.8. The Labute approximate surface area is 101 Å². The maximum absolute atomic E-state index is 5.79. The lowest BCUT2D eigenvalue weighted by molar-refractivity contribution is -0.246. The van der Waals surface area contributed by atoms with Gasteiger partial charge in [0, 0.05) is 28.3 Å². The lowest BCUT2D eigenvalue weighted by Crippen LogP contribution is -2.58. The Morgan fingerprint density at radius 2 is 1.88 bits per heavy atom. The number of methoxy groups -OCH3 is 3. The van der Waals surface area contributed by atoms with Gasteiger partial charge in [-0.2, -0.15) is 0 Å². The van der Waals surface area contributed by atoms with Crippen LogP contribution in [0.3, 0.4) is 0 Å². The lowest BCUT2D eigenvalue weighted by Gasteiger charge is -2.40. The van der Waals surface area contributed by atoms with Crippen LogP contribution in [0.2, 0.25) is 0 Å². The third kappa shape index (κ3) is 2.30. The van der Waals surface area contributed by atoms with Crippen LogP contribution < -0.4 is 0 Å². The van der Waals surface area contributed by atoms with Gasteiger partial charge in [0.1, 0.15) is 24.4 Å². The Balaban J connectivity index is 2.17. The molecule has 2 aliphatic rings. The number of aliphatic imine (C=N–C) groups is 1.